The smallest absolute Gasteiger partial charge is 0.220 e. The van der Waals surface area contributed by atoms with Gasteiger partial charge in [0.2, 0.25) is 15.9 Å². The Labute approximate surface area is 115 Å². The lowest BCUT2D eigenvalue weighted by molar-refractivity contribution is -0.121. The Kier molecular flexibility index (Phi) is 6.74. The Morgan fingerprint density at radius 3 is 2.84 bits per heavy atom. The van der Waals surface area contributed by atoms with Crippen molar-refractivity contribution in [1.82, 2.24) is 9.62 Å². The van der Waals surface area contributed by atoms with Crippen LogP contribution in [0.5, 0.6) is 0 Å². The van der Waals surface area contributed by atoms with Crippen molar-refractivity contribution < 1.29 is 17.9 Å². The number of hydrogen-bond donors (Lipinski definition) is 1. The number of nitrogens with zero attached hydrogens (tertiary/aromatic N) is 1. The lowest BCUT2D eigenvalue weighted by Gasteiger charge is -2.30. The third-order valence-corrected chi connectivity index (χ3v) is 4.88. The van der Waals surface area contributed by atoms with Gasteiger partial charge in [0.05, 0.1) is 18.5 Å². The molecule has 0 aromatic heterocycles. The Morgan fingerprint density at radius 2 is 2.21 bits per heavy atom. The molecule has 19 heavy (non-hydrogen) atoms. The van der Waals surface area contributed by atoms with E-state index < -0.39 is 10.0 Å². The number of hydrogen-bond acceptors (Lipinski definition) is 4. The molecule has 0 aliphatic carbocycles. The summed E-state index contributed by atoms with van der Waals surface area (Å²) in [5.74, 6) is -0.121. The Balaban J connectivity index is 2.32. The number of ether oxygens (including phenoxy) is 1. The number of carbonyl (C=O) groups is 1. The van der Waals surface area contributed by atoms with Crippen molar-refractivity contribution in [2.45, 2.75) is 39.2 Å². The molecule has 1 aliphatic heterocycles. The Bertz CT molecular complexity index is 383. The van der Waals surface area contributed by atoms with Gasteiger partial charge in [0.1, 0.15) is 0 Å². The normalized spacial score (nSPS) is 21.3. The zero-order chi connectivity index (χ0) is 14.3. The largest absolute Gasteiger partial charge is 0.376 e. The summed E-state index contributed by atoms with van der Waals surface area (Å²) in [6.07, 6.45) is 2.19. The summed E-state index contributed by atoms with van der Waals surface area (Å²) in [4.78, 5) is 11.4. The van der Waals surface area contributed by atoms with Crippen molar-refractivity contribution in [1.29, 1.82) is 0 Å². The molecule has 0 bridgehead atoms. The molecule has 6 nitrogen and oxygen atoms in total. The minimum Gasteiger partial charge on any atom is -0.376 e. The standard InChI is InChI=1S/C12H24N2O4S/c1-3-4-5-12(15)13-6-9-19(16,17)14-7-8-18-11(2)10-14/h11H,3-10H2,1-2H3,(H,13,15). The summed E-state index contributed by atoms with van der Waals surface area (Å²) in [6, 6.07) is 0. The van der Waals surface area contributed by atoms with Crippen LogP contribution < -0.4 is 5.32 Å². The van der Waals surface area contributed by atoms with Crippen molar-refractivity contribution in [2.24, 2.45) is 0 Å². The molecule has 1 amide bonds. The summed E-state index contributed by atoms with van der Waals surface area (Å²) < 4.78 is 30.8. The molecule has 0 saturated carbocycles. The SMILES string of the molecule is CCCCC(=O)NCCS(=O)(=O)N1CCOC(C)C1. The van der Waals surface area contributed by atoms with Gasteiger partial charge in [0.15, 0.2) is 0 Å². The number of sulfonamides is 1. The molecular formula is C12H24N2O4S. The van der Waals surface area contributed by atoms with Gasteiger partial charge in [-0.1, -0.05) is 13.3 Å². The third kappa shape index (κ3) is 5.88. The summed E-state index contributed by atoms with van der Waals surface area (Å²) in [5.41, 5.74) is 0. The highest BCUT2D eigenvalue weighted by Crippen LogP contribution is 2.09. The zero-order valence-electron chi connectivity index (χ0n) is 11.7. The second-order valence-corrected chi connectivity index (χ2v) is 6.90. The third-order valence-electron chi connectivity index (χ3n) is 3.04. The molecule has 1 unspecified atom stereocenters. The Morgan fingerprint density at radius 1 is 1.47 bits per heavy atom. The molecule has 0 aromatic carbocycles. The summed E-state index contributed by atoms with van der Waals surface area (Å²) >= 11 is 0. The minimum atomic E-state index is -3.29. The summed E-state index contributed by atoms with van der Waals surface area (Å²) in [6.45, 7) is 5.27. The maximum Gasteiger partial charge on any atom is 0.220 e. The van der Waals surface area contributed by atoms with Gasteiger partial charge in [-0.2, -0.15) is 4.31 Å². The number of rotatable bonds is 7. The average Bonchev–Trinajstić information content (AvgIpc) is 2.36. The van der Waals surface area contributed by atoms with Gasteiger partial charge in [0, 0.05) is 26.1 Å². The second kappa shape index (κ2) is 7.81. The molecule has 1 heterocycles. The van der Waals surface area contributed by atoms with Crippen LogP contribution in [0.3, 0.4) is 0 Å². The van der Waals surface area contributed by atoms with E-state index in [0.29, 0.717) is 26.1 Å². The van der Waals surface area contributed by atoms with Crippen molar-refractivity contribution >= 4 is 15.9 Å². The fraction of sp³-hybridized carbons (Fsp3) is 0.917. The first kappa shape index (κ1) is 16.4. The summed E-state index contributed by atoms with van der Waals surface area (Å²) in [5, 5.41) is 2.65. The van der Waals surface area contributed by atoms with Gasteiger partial charge < -0.3 is 10.1 Å². The first-order chi connectivity index (χ1) is 8.95. The van der Waals surface area contributed by atoms with Crippen molar-refractivity contribution in [3.8, 4) is 0 Å². The molecule has 1 saturated heterocycles. The molecule has 1 fully saturated rings. The van der Waals surface area contributed by atoms with Crippen LogP contribution in [0.2, 0.25) is 0 Å². The van der Waals surface area contributed by atoms with Crippen molar-refractivity contribution in [3.05, 3.63) is 0 Å². The average molecular weight is 292 g/mol. The molecule has 1 aliphatic rings. The monoisotopic (exact) mass is 292 g/mol. The van der Waals surface area contributed by atoms with Crippen molar-refractivity contribution in [3.63, 3.8) is 0 Å². The molecule has 1 rings (SSSR count). The Hall–Kier alpha value is -0.660. The second-order valence-electron chi connectivity index (χ2n) is 4.81. The van der Waals surface area contributed by atoms with Crippen LogP contribution in [0, 0.1) is 0 Å². The molecule has 7 heteroatoms. The van der Waals surface area contributed by atoms with Crippen LogP contribution in [0.4, 0.5) is 0 Å². The quantitative estimate of drug-likeness (QED) is 0.734. The van der Waals surface area contributed by atoms with E-state index in [0.717, 1.165) is 12.8 Å². The van der Waals surface area contributed by atoms with Gasteiger partial charge in [-0.05, 0) is 13.3 Å². The molecule has 0 radical (unpaired) electrons. The van der Waals surface area contributed by atoms with Gasteiger partial charge in [-0.15, -0.1) is 0 Å². The molecule has 0 spiro atoms. The predicted octanol–water partition coefficient (Wildman–Crippen LogP) is 0.343. The maximum atomic E-state index is 12.0. The van der Waals surface area contributed by atoms with Crippen LogP contribution in [0.1, 0.15) is 33.1 Å². The summed E-state index contributed by atoms with van der Waals surface area (Å²) in [7, 11) is -3.29. The van der Waals surface area contributed by atoms with Crippen LogP contribution in [0.25, 0.3) is 0 Å². The highest BCUT2D eigenvalue weighted by Gasteiger charge is 2.27. The van der Waals surface area contributed by atoms with Crippen LogP contribution in [0.15, 0.2) is 0 Å². The van der Waals surface area contributed by atoms with E-state index in [1.165, 1.54) is 4.31 Å². The lowest BCUT2D eigenvalue weighted by atomic mass is 10.2. The number of carbonyl (C=O) groups excluding carboxylic acids is 1. The molecular weight excluding hydrogens is 268 g/mol. The highest BCUT2D eigenvalue weighted by atomic mass is 32.2. The van der Waals surface area contributed by atoms with E-state index in [2.05, 4.69) is 5.32 Å². The van der Waals surface area contributed by atoms with Gasteiger partial charge in [0.25, 0.3) is 0 Å². The number of amides is 1. The number of unbranched alkanes of at least 4 members (excludes halogenated alkanes) is 1. The fourth-order valence-corrected chi connectivity index (χ4v) is 3.32. The maximum absolute atomic E-state index is 12.0. The van der Waals surface area contributed by atoms with E-state index in [1.807, 2.05) is 13.8 Å². The van der Waals surface area contributed by atoms with Gasteiger partial charge >= 0.3 is 0 Å². The number of morpholine rings is 1. The van der Waals surface area contributed by atoms with Gasteiger partial charge in [-0.3, -0.25) is 4.79 Å². The highest BCUT2D eigenvalue weighted by molar-refractivity contribution is 7.89. The predicted molar refractivity (Wildman–Crippen MR) is 73.3 cm³/mol. The van der Waals surface area contributed by atoms with Crippen LogP contribution in [-0.2, 0) is 19.6 Å². The molecule has 0 aromatic rings. The van der Waals surface area contributed by atoms with E-state index in [1.54, 1.807) is 0 Å². The van der Waals surface area contributed by atoms with Gasteiger partial charge in [-0.25, -0.2) is 8.42 Å². The van der Waals surface area contributed by atoms with Crippen LogP contribution >= 0.6 is 0 Å². The molecule has 1 atom stereocenters. The van der Waals surface area contributed by atoms with Crippen LogP contribution in [-0.4, -0.2) is 56.7 Å². The minimum absolute atomic E-state index is 0.0441. The van der Waals surface area contributed by atoms with E-state index in [-0.39, 0.29) is 24.3 Å². The lowest BCUT2D eigenvalue weighted by Crippen LogP contribution is -2.46. The fourth-order valence-electron chi connectivity index (χ4n) is 1.91. The van der Waals surface area contributed by atoms with Crippen molar-refractivity contribution in [2.75, 3.05) is 32.0 Å². The molecule has 1 N–H and O–H groups in total. The first-order valence-corrected chi connectivity index (χ1v) is 8.42. The van der Waals surface area contributed by atoms with E-state index in [4.69, 9.17) is 4.74 Å². The zero-order valence-corrected chi connectivity index (χ0v) is 12.5. The first-order valence-electron chi connectivity index (χ1n) is 6.82. The number of nitrogens with one attached hydrogen (secondary N) is 1. The van der Waals surface area contributed by atoms with E-state index >= 15 is 0 Å². The van der Waals surface area contributed by atoms with E-state index in [9.17, 15) is 13.2 Å². The molecule has 112 valence electrons. The topological polar surface area (TPSA) is 75.7 Å².